The van der Waals surface area contributed by atoms with Crippen molar-refractivity contribution in [2.24, 2.45) is 11.7 Å². The third-order valence-corrected chi connectivity index (χ3v) is 4.93. The van der Waals surface area contributed by atoms with Gasteiger partial charge in [0.05, 0.1) is 12.9 Å². The third kappa shape index (κ3) is 3.93. The van der Waals surface area contributed by atoms with E-state index in [1.54, 1.807) is 0 Å². The van der Waals surface area contributed by atoms with Gasteiger partial charge in [0.1, 0.15) is 0 Å². The molecule has 17 heavy (non-hydrogen) atoms. The Labute approximate surface area is 102 Å². The minimum Gasteiger partial charge on any atom is -0.469 e. The van der Waals surface area contributed by atoms with Gasteiger partial charge < -0.3 is 10.5 Å². The summed E-state index contributed by atoms with van der Waals surface area (Å²) in [6.07, 6.45) is 0.417. The number of esters is 1. The van der Waals surface area contributed by atoms with Gasteiger partial charge >= 0.3 is 5.97 Å². The smallest absolute Gasteiger partial charge is 0.305 e. The Morgan fingerprint density at radius 2 is 2.12 bits per heavy atom. The van der Waals surface area contributed by atoms with E-state index in [0.717, 1.165) is 0 Å². The molecule has 0 amide bonds. The van der Waals surface area contributed by atoms with Crippen LogP contribution in [-0.4, -0.2) is 50.7 Å². The van der Waals surface area contributed by atoms with Crippen LogP contribution in [0.4, 0.5) is 0 Å². The molecule has 2 N–H and O–H groups in total. The van der Waals surface area contributed by atoms with E-state index in [-0.39, 0.29) is 36.5 Å². The van der Waals surface area contributed by atoms with Gasteiger partial charge in [0.25, 0.3) is 0 Å². The lowest BCUT2D eigenvalue weighted by Crippen LogP contribution is -2.33. The SMILES string of the molecule is COC(=O)CCCS(=O)(=O)N1CC(C)C(N)C1. The molecule has 1 rings (SSSR count). The predicted octanol–water partition coefficient (Wildman–Crippen LogP) is -0.452. The number of rotatable bonds is 5. The van der Waals surface area contributed by atoms with Crippen molar-refractivity contribution in [2.75, 3.05) is 26.0 Å². The van der Waals surface area contributed by atoms with Gasteiger partial charge in [-0.3, -0.25) is 4.79 Å². The van der Waals surface area contributed by atoms with Crippen LogP contribution in [0.25, 0.3) is 0 Å². The lowest BCUT2D eigenvalue weighted by Gasteiger charge is -2.15. The molecular weight excluding hydrogens is 244 g/mol. The molecule has 0 aromatic heterocycles. The third-order valence-electron chi connectivity index (χ3n) is 3.04. The molecule has 0 aromatic carbocycles. The first-order valence-electron chi connectivity index (χ1n) is 5.67. The summed E-state index contributed by atoms with van der Waals surface area (Å²) in [6, 6.07) is -0.0922. The summed E-state index contributed by atoms with van der Waals surface area (Å²) >= 11 is 0. The molecule has 1 heterocycles. The van der Waals surface area contributed by atoms with Crippen LogP contribution in [0.2, 0.25) is 0 Å². The van der Waals surface area contributed by atoms with Crippen LogP contribution in [-0.2, 0) is 19.6 Å². The van der Waals surface area contributed by atoms with Gasteiger partial charge in [-0.05, 0) is 12.3 Å². The molecule has 0 saturated carbocycles. The van der Waals surface area contributed by atoms with Crippen LogP contribution in [0.5, 0.6) is 0 Å². The number of methoxy groups -OCH3 is 1. The second-order valence-corrected chi connectivity index (χ2v) is 6.54. The molecule has 0 aromatic rings. The first kappa shape index (κ1) is 14.4. The lowest BCUT2D eigenvalue weighted by atomic mass is 10.1. The first-order valence-corrected chi connectivity index (χ1v) is 7.28. The lowest BCUT2D eigenvalue weighted by molar-refractivity contribution is -0.140. The number of ether oxygens (including phenoxy) is 1. The monoisotopic (exact) mass is 264 g/mol. The number of carbonyl (C=O) groups excluding carboxylic acids is 1. The van der Waals surface area contributed by atoms with Gasteiger partial charge in [0.2, 0.25) is 10.0 Å². The van der Waals surface area contributed by atoms with Crippen molar-refractivity contribution in [2.45, 2.75) is 25.8 Å². The summed E-state index contributed by atoms with van der Waals surface area (Å²) in [5.74, 6) is -0.223. The standard InChI is InChI=1S/C10H20N2O4S/c1-8-6-12(7-9(8)11)17(14,15)5-3-4-10(13)16-2/h8-9H,3-7,11H2,1-2H3. The van der Waals surface area contributed by atoms with Gasteiger partial charge in [0, 0.05) is 25.6 Å². The largest absolute Gasteiger partial charge is 0.469 e. The molecule has 0 aliphatic carbocycles. The number of carbonyl (C=O) groups is 1. The van der Waals surface area contributed by atoms with Crippen LogP contribution < -0.4 is 5.73 Å². The molecule has 6 nitrogen and oxygen atoms in total. The van der Waals surface area contributed by atoms with Crippen molar-refractivity contribution in [3.8, 4) is 0 Å². The fourth-order valence-electron chi connectivity index (χ4n) is 1.80. The summed E-state index contributed by atoms with van der Waals surface area (Å²) in [7, 11) is -1.99. The van der Waals surface area contributed by atoms with Crippen LogP contribution in [0.15, 0.2) is 0 Å². The zero-order valence-electron chi connectivity index (χ0n) is 10.3. The van der Waals surface area contributed by atoms with E-state index >= 15 is 0 Å². The van der Waals surface area contributed by atoms with Crippen LogP contribution in [0.3, 0.4) is 0 Å². The van der Waals surface area contributed by atoms with Crippen molar-refractivity contribution in [3.05, 3.63) is 0 Å². The summed E-state index contributed by atoms with van der Waals surface area (Å²) in [5.41, 5.74) is 5.78. The van der Waals surface area contributed by atoms with E-state index in [1.165, 1.54) is 11.4 Å². The molecule has 1 saturated heterocycles. The number of sulfonamides is 1. The van der Waals surface area contributed by atoms with Crippen molar-refractivity contribution in [3.63, 3.8) is 0 Å². The molecule has 2 atom stereocenters. The minimum absolute atomic E-state index is 0.0263. The number of hydrogen-bond donors (Lipinski definition) is 1. The van der Waals surface area contributed by atoms with E-state index in [4.69, 9.17) is 5.73 Å². The van der Waals surface area contributed by atoms with Gasteiger partial charge in [0.15, 0.2) is 0 Å². The van der Waals surface area contributed by atoms with E-state index in [1.807, 2.05) is 6.92 Å². The highest BCUT2D eigenvalue weighted by Gasteiger charge is 2.33. The average molecular weight is 264 g/mol. The van der Waals surface area contributed by atoms with Crippen LogP contribution >= 0.6 is 0 Å². The van der Waals surface area contributed by atoms with E-state index < -0.39 is 10.0 Å². The molecule has 0 spiro atoms. The van der Waals surface area contributed by atoms with Gasteiger partial charge in [-0.15, -0.1) is 0 Å². The molecule has 2 unspecified atom stereocenters. The molecule has 0 bridgehead atoms. The zero-order valence-corrected chi connectivity index (χ0v) is 11.1. The van der Waals surface area contributed by atoms with Gasteiger partial charge in [-0.25, -0.2) is 12.7 Å². The van der Waals surface area contributed by atoms with Crippen molar-refractivity contribution < 1.29 is 17.9 Å². The molecule has 0 radical (unpaired) electrons. The van der Waals surface area contributed by atoms with Crippen molar-refractivity contribution in [1.29, 1.82) is 0 Å². The zero-order chi connectivity index (χ0) is 13.1. The number of nitrogens with zero attached hydrogens (tertiary/aromatic N) is 1. The summed E-state index contributed by atoms with van der Waals surface area (Å²) in [4.78, 5) is 10.9. The van der Waals surface area contributed by atoms with E-state index in [2.05, 4.69) is 4.74 Å². The molecular formula is C10H20N2O4S. The quantitative estimate of drug-likeness (QED) is 0.679. The topological polar surface area (TPSA) is 89.7 Å². The molecule has 1 aliphatic heterocycles. The molecule has 1 fully saturated rings. The Bertz CT molecular complexity index is 359. The summed E-state index contributed by atoms with van der Waals surface area (Å²) < 4.78 is 29.7. The predicted molar refractivity (Wildman–Crippen MR) is 63.7 cm³/mol. The maximum Gasteiger partial charge on any atom is 0.305 e. The Morgan fingerprint density at radius 3 is 2.59 bits per heavy atom. The Balaban J connectivity index is 2.44. The van der Waals surface area contributed by atoms with E-state index in [9.17, 15) is 13.2 Å². The molecule has 100 valence electrons. The fraction of sp³-hybridized carbons (Fsp3) is 0.900. The summed E-state index contributed by atoms with van der Waals surface area (Å²) in [6.45, 7) is 2.79. The fourth-order valence-corrected chi connectivity index (χ4v) is 3.43. The molecule has 1 aliphatic rings. The minimum atomic E-state index is -3.28. The number of hydrogen-bond acceptors (Lipinski definition) is 5. The maximum absolute atomic E-state index is 11.9. The van der Waals surface area contributed by atoms with Gasteiger partial charge in [-0.2, -0.15) is 0 Å². The van der Waals surface area contributed by atoms with Crippen LogP contribution in [0, 0.1) is 5.92 Å². The average Bonchev–Trinajstić information content (AvgIpc) is 2.59. The Morgan fingerprint density at radius 1 is 1.47 bits per heavy atom. The maximum atomic E-state index is 11.9. The normalized spacial score (nSPS) is 26.1. The van der Waals surface area contributed by atoms with Crippen LogP contribution in [0.1, 0.15) is 19.8 Å². The van der Waals surface area contributed by atoms with Gasteiger partial charge in [-0.1, -0.05) is 6.92 Å². The second-order valence-electron chi connectivity index (χ2n) is 4.45. The Hall–Kier alpha value is -0.660. The van der Waals surface area contributed by atoms with Crippen molar-refractivity contribution in [1.82, 2.24) is 4.31 Å². The molecule has 7 heteroatoms. The van der Waals surface area contributed by atoms with E-state index in [0.29, 0.717) is 13.1 Å². The summed E-state index contributed by atoms with van der Waals surface area (Å²) in [5, 5.41) is 0. The highest BCUT2D eigenvalue weighted by molar-refractivity contribution is 7.89. The number of nitrogens with two attached hydrogens (primary N) is 1. The highest BCUT2D eigenvalue weighted by Crippen LogP contribution is 2.18. The first-order chi connectivity index (χ1) is 7.86. The highest BCUT2D eigenvalue weighted by atomic mass is 32.2. The second kappa shape index (κ2) is 5.79. The Kier molecular flexibility index (Phi) is 4.91. The van der Waals surface area contributed by atoms with Crippen molar-refractivity contribution >= 4 is 16.0 Å².